The minimum absolute atomic E-state index is 0.408. The maximum Gasteiger partial charge on any atom is 0.165 e. The SMILES string of the molecule is CC(C)NCc1cc(Cl)ccc1Oc1cnn(C)c1. The fourth-order valence-electron chi connectivity index (χ4n) is 1.68. The first-order valence-electron chi connectivity index (χ1n) is 6.23. The summed E-state index contributed by atoms with van der Waals surface area (Å²) in [6.45, 7) is 4.92. The van der Waals surface area contributed by atoms with Gasteiger partial charge in [0.1, 0.15) is 5.75 Å². The van der Waals surface area contributed by atoms with Crippen LogP contribution in [0.4, 0.5) is 0 Å². The summed E-state index contributed by atoms with van der Waals surface area (Å²) in [6.07, 6.45) is 3.52. The van der Waals surface area contributed by atoms with Gasteiger partial charge < -0.3 is 10.1 Å². The fourth-order valence-corrected chi connectivity index (χ4v) is 1.87. The average molecular weight is 280 g/mol. The van der Waals surface area contributed by atoms with Gasteiger partial charge in [0.15, 0.2) is 5.75 Å². The third-order valence-corrected chi connectivity index (χ3v) is 2.87. The summed E-state index contributed by atoms with van der Waals surface area (Å²) in [7, 11) is 1.86. The molecule has 1 N–H and O–H groups in total. The lowest BCUT2D eigenvalue weighted by Gasteiger charge is -2.13. The minimum atomic E-state index is 0.408. The molecular formula is C14H18ClN3O. The van der Waals surface area contributed by atoms with E-state index in [4.69, 9.17) is 16.3 Å². The van der Waals surface area contributed by atoms with Crippen LogP contribution in [0.3, 0.4) is 0 Å². The van der Waals surface area contributed by atoms with Crippen LogP contribution in [0, 0.1) is 0 Å². The number of hydrogen-bond acceptors (Lipinski definition) is 3. The highest BCUT2D eigenvalue weighted by Gasteiger charge is 2.08. The number of ether oxygens (including phenoxy) is 1. The fraction of sp³-hybridized carbons (Fsp3) is 0.357. The zero-order valence-electron chi connectivity index (χ0n) is 11.4. The van der Waals surface area contributed by atoms with E-state index in [0.717, 1.165) is 17.1 Å². The third-order valence-electron chi connectivity index (χ3n) is 2.63. The van der Waals surface area contributed by atoms with Crippen LogP contribution in [0.5, 0.6) is 11.5 Å². The van der Waals surface area contributed by atoms with Gasteiger partial charge in [-0.2, -0.15) is 5.10 Å². The van der Waals surface area contributed by atoms with Crippen molar-refractivity contribution in [1.82, 2.24) is 15.1 Å². The van der Waals surface area contributed by atoms with Crippen LogP contribution in [0.15, 0.2) is 30.6 Å². The van der Waals surface area contributed by atoms with Crippen molar-refractivity contribution in [2.24, 2.45) is 7.05 Å². The van der Waals surface area contributed by atoms with Gasteiger partial charge in [-0.3, -0.25) is 4.68 Å². The molecule has 0 saturated carbocycles. The van der Waals surface area contributed by atoms with Gasteiger partial charge in [0.2, 0.25) is 0 Å². The van der Waals surface area contributed by atoms with Crippen molar-refractivity contribution in [3.05, 3.63) is 41.2 Å². The van der Waals surface area contributed by atoms with E-state index in [1.54, 1.807) is 10.9 Å². The van der Waals surface area contributed by atoms with Crippen LogP contribution in [0.2, 0.25) is 5.02 Å². The predicted octanol–water partition coefficient (Wildman–Crippen LogP) is 3.36. The standard InChI is InChI=1S/C14H18ClN3O/c1-10(2)16-7-11-6-12(15)4-5-14(11)19-13-8-17-18(3)9-13/h4-6,8-10,16H,7H2,1-3H3. The van der Waals surface area contributed by atoms with E-state index in [0.29, 0.717) is 17.6 Å². The molecule has 1 aromatic heterocycles. The molecule has 2 rings (SSSR count). The first-order valence-corrected chi connectivity index (χ1v) is 6.60. The monoisotopic (exact) mass is 279 g/mol. The summed E-state index contributed by atoms with van der Waals surface area (Å²) in [4.78, 5) is 0. The van der Waals surface area contributed by atoms with E-state index in [1.165, 1.54) is 0 Å². The zero-order valence-corrected chi connectivity index (χ0v) is 12.1. The number of aryl methyl sites for hydroxylation is 1. The Morgan fingerprint density at radius 3 is 2.84 bits per heavy atom. The Balaban J connectivity index is 2.18. The van der Waals surface area contributed by atoms with Crippen LogP contribution in [0.25, 0.3) is 0 Å². The van der Waals surface area contributed by atoms with E-state index >= 15 is 0 Å². The van der Waals surface area contributed by atoms with Crippen molar-refractivity contribution in [3.63, 3.8) is 0 Å². The molecule has 2 aromatic rings. The molecular weight excluding hydrogens is 262 g/mol. The molecule has 0 spiro atoms. The van der Waals surface area contributed by atoms with Crippen LogP contribution in [-0.4, -0.2) is 15.8 Å². The Morgan fingerprint density at radius 1 is 1.42 bits per heavy atom. The number of nitrogens with one attached hydrogen (secondary N) is 1. The number of halogens is 1. The molecule has 0 radical (unpaired) electrons. The van der Waals surface area contributed by atoms with Gasteiger partial charge in [0, 0.05) is 30.2 Å². The summed E-state index contributed by atoms with van der Waals surface area (Å²) >= 11 is 6.04. The Kier molecular flexibility index (Phi) is 4.45. The summed E-state index contributed by atoms with van der Waals surface area (Å²) in [5, 5.41) is 8.15. The van der Waals surface area contributed by atoms with Crippen LogP contribution < -0.4 is 10.1 Å². The Morgan fingerprint density at radius 2 is 2.21 bits per heavy atom. The van der Waals surface area contributed by atoms with Crippen LogP contribution in [-0.2, 0) is 13.6 Å². The maximum atomic E-state index is 6.04. The van der Waals surface area contributed by atoms with E-state index in [1.807, 2.05) is 31.4 Å². The van der Waals surface area contributed by atoms with Crippen LogP contribution in [0.1, 0.15) is 19.4 Å². The molecule has 5 heteroatoms. The van der Waals surface area contributed by atoms with Crippen molar-refractivity contribution in [2.75, 3.05) is 0 Å². The normalized spacial score (nSPS) is 11.0. The first-order chi connectivity index (χ1) is 9.04. The highest BCUT2D eigenvalue weighted by atomic mass is 35.5. The minimum Gasteiger partial charge on any atom is -0.454 e. The summed E-state index contributed by atoms with van der Waals surface area (Å²) in [6, 6.07) is 6.03. The molecule has 0 atom stereocenters. The van der Waals surface area contributed by atoms with E-state index in [9.17, 15) is 0 Å². The van der Waals surface area contributed by atoms with Crippen molar-refractivity contribution >= 4 is 11.6 Å². The predicted molar refractivity (Wildman–Crippen MR) is 76.7 cm³/mol. The van der Waals surface area contributed by atoms with E-state index in [2.05, 4.69) is 24.3 Å². The van der Waals surface area contributed by atoms with E-state index < -0.39 is 0 Å². The lowest BCUT2D eigenvalue weighted by molar-refractivity contribution is 0.469. The zero-order chi connectivity index (χ0) is 13.8. The topological polar surface area (TPSA) is 39.1 Å². The van der Waals surface area contributed by atoms with Gasteiger partial charge in [-0.15, -0.1) is 0 Å². The van der Waals surface area contributed by atoms with Crippen molar-refractivity contribution in [2.45, 2.75) is 26.4 Å². The number of aromatic nitrogens is 2. The molecule has 0 fully saturated rings. The number of hydrogen-bond donors (Lipinski definition) is 1. The van der Waals surface area contributed by atoms with Gasteiger partial charge >= 0.3 is 0 Å². The Hall–Kier alpha value is -1.52. The Labute approximate surface area is 118 Å². The van der Waals surface area contributed by atoms with Gasteiger partial charge in [0.05, 0.1) is 12.4 Å². The molecule has 0 saturated heterocycles. The molecule has 0 amide bonds. The second-order valence-corrected chi connectivity index (χ2v) is 5.18. The molecule has 4 nitrogen and oxygen atoms in total. The van der Waals surface area contributed by atoms with Crippen molar-refractivity contribution in [3.8, 4) is 11.5 Å². The van der Waals surface area contributed by atoms with Crippen molar-refractivity contribution in [1.29, 1.82) is 0 Å². The summed E-state index contributed by atoms with van der Waals surface area (Å²) in [5.74, 6) is 1.51. The van der Waals surface area contributed by atoms with Gasteiger partial charge in [0.25, 0.3) is 0 Å². The molecule has 1 heterocycles. The second-order valence-electron chi connectivity index (χ2n) is 4.74. The third kappa shape index (κ3) is 3.98. The second kappa shape index (κ2) is 6.08. The molecule has 102 valence electrons. The quantitative estimate of drug-likeness (QED) is 0.912. The first kappa shape index (κ1) is 13.9. The molecule has 0 unspecified atom stereocenters. The number of benzene rings is 1. The maximum absolute atomic E-state index is 6.04. The molecule has 1 aromatic carbocycles. The average Bonchev–Trinajstić information content (AvgIpc) is 2.75. The highest BCUT2D eigenvalue weighted by Crippen LogP contribution is 2.27. The van der Waals surface area contributed by atoms with E-state index in [-0.39, 0.29) is 0 Å². The smallest absolute Gasteiger partial charge is 0.165 e. The largest absolute Gasteiger partial charge is 0.454 e. The van der Waals surface area contributed by atoms with Gasteiger partial charge in [-0.05, 0) is 18.2 Å². The number of nitrogens with zero attached hydrogens (tertiary/aromatic N) is 2. The van der Waals surface area contributed by atoms with Crippen molar-refractivity contribution < 1.29 is 4.74 Å². The molecule has 0 bridgehead atoms. The lowest BCUT2D eigenvalue weighted by atomic mass is 10.2. The molecule has 0 aliphatic heterocycles. The lowest BCUT2D eigenvalue weighted by Crippen LogP contribution is -2.22. The molecule has 19 heavy (non-hydrogen) atoms. The van der Waals surface area contributed by atoms with Crippen LogP contribution >= 0.6 is 11.6 Å². The molecule has 0 aliphatic carbocycles. The summed E-state index contributed by atoms with van der Waals surface area (Å²) in [5.41, 5.74) is 1.03. The summed E-state index contributed by atoms with van der Waals surface area (Å²) < 4.78 is 7.54. The Bertz CT molecular complexity index is 551. The van der Waals surface area contributed by atoms with Gasteiger partial charge in [-0.1, -0.05) is 25.4 Å². The number of rotatable bonds is 5. The highest BCUT2D eigenvalue weighted by molar-refractivity contribution is 6.30. The van der Waals surface area contributed by atoms with Gasteiger partial charge in [-0.25, -0.2) is 0 Å². The molecule has 0 aliphatic rings.